The Morgan fingerprint density at radius 2 is 1.00 bits per heavy atom. The molecule has 0 rings (SSSR count). The molecule has 0 heterocycles. The number of carboxylic acids is 1. The number of hydrogen-bond donors (Lipinski definition) is 1. The molecular weight excluding hydrogens is 320 g/mol. The quantitative estimate of drug-likeness (QED) is 0.174. The zero-order valence-electron chi connectivity index (χ0n) is 17.8. The third-order valence-corrected chi connectivity index (χ3v) is 5.16. The molecule has 0 aromatic heterocycles. The minimum Gasteiger partial charge on any atom is -0.478 e. The topological polar surface area (TPSA) is 37.3 Å². The van der Waals surface area contributed by atoms with Crippen molar-refractivity contribution in [2.75, 3.05) is 0 Å². The van der Waals surface area contributed by atoms with Crippen molar-refractivity contribution in [1.82, 2.24) is 0 Å². The Hall–Kier alpha value is -0.790. The highest BCUT2D eigenvalue weighted by molar-refractivity contribution is 5.79. The second-order valence-corrected chi connectivity index (χ2v) is 8.37. The first-order valence-electron chi connectivity index (χ1n) is 11.5. The predicted octanol–water partition coefficient (Wildman–Crippen LogP) is 8.31. The summed E-state index contributed by atoms with van der Waals surface area (Å²) in [6.07, 6.45) is 27.5. The minimum absolute atomic E-state index is 0.831. The van der Waals surface area contributed by atoms with E-state index >= 15 is 0 Å². The Balaban J connectivity index is 3.04. The lowest BCUT2D eigenvalue weighted by Crippen LogP contribution is -1.87. The van der Waals surface area contributed by atoms with Crippen LogP contribution >= 0.6 is 0 Å². The Kier molecular flexibility index (Phi) is 19.9. The monoisotopic (exact) mass is 366 g/mol. The Labute approximate surface area is 163 Å². The second kappa shape index (κ2) is 20.5. The van der Waals surface area contributed by atoms with E-state index in [0.29, 0.717) is 0 Å². The molecule has 0 atom stereocenters. The fraction of sp³-hybridized carbons (Fsp3) is 0.875. The molecule has 0 aliphatic rings. The number of rotatable bonds is 20. The largest absolute Gasteiger partial charge is 0.478 e. The number of aliphatic carboxylic acids is 1. The van der Waals surface area contributed by atoms with Crippen LogP contribution < -0.4 is 0 Å². The van der Waals surface area contributed by atoms with Gasteiger partial charge in [-0.2, -0.15) is 0 Å². The summed E-state index contributed by atoms with van der Waals surface area (Å²) >= 11 is 0. The zero-order valence-corrected chi connectivity index (χ0v) is 17.8. The maximum absolute atomic E-state index is 10.3. The molecule has 0 radical (unpaired) electrons. The molecule has 0 fully saturated rings. The predicted molar refractivity (Wildman–Crippen MR) is 115 cm³/mol. The number of carbonyl (C=O) groups is 1. The van der Waals surface area contributed by atoms with E-state index in [4.69, 9.17) is 5.11 Å². The van der Waals surface area contributed by atoms with Crippen LogP contribution in [0, 0.1) is 5.92 Å². The van der Waals surface area contributed by atoms with E-state index in [2.05, 4.69) is 13.8 Å². The van der Waals surface area contributed by atoms with E-state index in [0.717, 1.165) is 18.8 Å². The van der Waals surface area contributed by atoms with Gasteiger partial charge in [0.15, 0.2) is 0 Å². The van der Waals surface area contributed by atoms with Crippen LogP contribution in [0.4, 0.5) is 0 Å². The van der Waals surface area contributed by atoms with Crippen molar-refractivity contribution in [3.63, 3.8) is 0 Å². The summed E-state index contributed by atoms with van der Waals surface area (Å²) in [4.78, 5) is 10.3. The van der Waals surface area contributed by atoms with Gasteiger partial charge in [0.05, 0.1) is 0 Å². The van der Waals surface area contributed by atoms with Gasteiger partial charge in [0, 0.05) is 6.08 Å². The van der Waals surface area contributed by atoms with E-state index in [1.807, 2.05) is 0 Å². The summed E-state index contributed by atoms with van der Waals surface area (Å²) in [5.74, 6) is 0.0463. The van der Waals surface area contributed by atoms with Crippen molar-refractivity contribution in [3.05, 3.63) is 12.2 Å². The molecule has 0 aliphatic heterocycles. The zero-order chi connectivity index (χ0) is 19.3. The summed E-state index contributed by atoms with van der Waals surface area (Å²) in [6.45, 7) is 4.65. The SMILES string of the molecule is CC(C)CCCCCCCCCCCCCCCCCCC=CC(=O)O. The van der Waals surface area contributed by atoms with Crippen LogP contribution in [0.2, 0.25) is 0 Å². The lowest BCUT2D eigenvalue weighted by Gasteiger charge is -2.05. The highest BCUT2D eigenvalue weighted by atomic mass is 16.4. The first-order chi connectivity index (χ1) is 12.6. The smallest absolute Gasteiger partial charge is 0.327 e. The molecule has 154 valence electrons. The van der Waals surface area contributed by atoms with Gasteiger partial charge < -0.3 is 5.11 Å². The highest BCUT2D eigenvalue weighted by Crippen LogP contribution is 2.15. The van der Waals surface area contributed by atoms with Crippen LogP contribution in [-0.4, -0.2) is 11.1 Å². The third kappa shape index (κ3) is 23.2. The maximum atomic E-state index is 10.3. The van der Waals surface area contributed by atoms with Gasteiger partial charge in [-0.25, -0.2) is 4.79 Å². The number of carboxylic acid groups (broad SMARTS) is 1. The van der Waals surface area contributed by atoms with Gasteiger partial charge in [-0.3, -0.25) is 0 Å². The average molecular weight is 367 g/mol. The second-order valence-electron chi connectivity index (χ2n) is 8.37. The van der Waals surface area contributed by atoms with Gasteiger partial charge >= 0.3 is 5.97 Å². The molecule has 0 bridgehead atoms. The molecule has 2 nitrogen and oxygen atoms in total. The molecule has 2 heteroatoms. The highest BCUT2D eigenvalue weighted by Gasteiger charge is 1.96. The van der Waals surface area contributed by atoms with Gasteiger partial charge in [0.25, 0.3) is 0 Å². The Morgan fingerprint density at radius 3 is 1.35 bits per heavy atom. The lowest BCUT2D eigenvalue weighted by molar-refractivity contribution is -0.131. The van der Waals surface area contributed by atoms with Crippen molar-refractivity contribution >= 4 is 5.97 Å². The van der Waals surface area contributed by atoms with Crippen LogP contribution in [0.5, 0.6) is 0 Å². The number of allylic oxidation sites excluding steroid dienone is 1. The molecule has 0 amide bonds. The van der Waals surface area contributed by atoms with Crippen molar-refractivity contribution in [2.24, 2.45) is 5.92 Å². The first-order valence-corrected chi connectivity index (χ1v) is 11.5. The van der Waals surface area contributed by atoms with Gasteiger partial charge in [-0.05, 0) is 18.8 Å². The molecule has 26 heavy (non-hydrogen) atoms. The fourth-order valence-corrected chi connectivity index (χ4v) is 3.47. The third-order valence-electron chi connectivity index (χ3n) is 5.16. The molecular formula is C24H46O2. The molecule has 0 aliphatic carbocycles. The van der Waals surface area contributed by atoms with Gasteiger partial charge in [-0.1, -0.05) is 123 Å². The molecule has 1 N–H and O–H groups in total. The van der Waals surface area contributed by atoms with Crippen LogP contribution in [0.25, 0.3) is 0 Å². The summed E-state index contributed by atoms with van der Waals surface area (Å²) in [7, 11) is 0. The minimum atomic E-state index is -0.831. The fourth-order valence-electron chi connectivity index (χ4n) is 3.47. The van der Waals surface area contributed by atoms with Crippen molar-refractivity contribution < 1.29 is 9.90 Å². The molecule has 0 saturated heterocycles. The van der Waals surface area contributed by atoms with Crippen molar-refractivity contribution in [2.45, 2.75) is 129 Å². The molecule has 0 spiro atoms. The van der Waals surface area contributed by atoms with Gasteiger partial charge in [0.1, 0.15) is 0 Å². The van der Waals surface area contributed by atoms with Crippen molar-refractivity contribution in [1.29, 1.82) is 0 Å². The Bertz CT molecular complexity index is 320. The van der Waals surface area contributed by atoms with Crippen molar-refractivity contribution in [3.8, 4) is 0 Å². The lowest BCUT2D eigenvalue weighted by atomic mass is 10.0. The molecule has 0 unspecified atom stereocenters. The average Bonchev–Trinajstić information content (AvgIpc) is 2.59. The summed E-state index contributed by atoms with van der Waals surface area (Å²) in [5.41, 5.74) is 0. The van der Waals surface area contributed by atoms with E-state index in [9.17, 15) is 4.79 Å². The molecule has 0 aromatic carbocycles. The van der Waals surface area contributed by atoms with Gasteiger partial charge in [0.2, 0.25) is 0 Å². The van der Waals surface area contributed by atoms with Crippen LogP contribution in [-0.2, 0) is 4.79 Å². The van der Waals surface area contributed by atoms with E-state index < -0.39 is 5.97 Å². The summed E-state index contributed by atoms with van der Waals surface area (Å²) < 4.78 is 0. The maximum Gasteiger partial charge on any atom is 0.327 e. The summed E-state index contributed by atoms with van der Waals surface area (Å²) in [5, 5.41) is 8.49. The molecule has 0 aromatic rings. The van der Waals surface area contributed by atoms with E-state index in [1.54, 1.807) is 6.08 Å². The number of unbranched alkanes of at least 4 members (excludes halogenated alkanes) is 16. The van der Waals surface area contributed by atoms with E-state index in [1.165, 1.54) is 109 Å². The van der Waals surface area contributed by atoms with Crippen LogP contribution in [0.15, 0.2) is 12.2 Å². The summed E-state index contributed by atoms with van der Waals surface area (Å²) in [6, 6.07) is 0. The van der Waals surface area contributed by atoms with Crippen LogP contribution in [0.1, 0.15) is 129 Å². The van der Waals surface area contributed by atoms with Gasteiger partial charge in [-0.15, -0.1) is 0 Å². The number of hydrogen-bond acceptors (Lipinski definition) is 1. The first kappa shape index (κ1) is 25.2. The standard InChI is InChI=1S/C24H46O2/c1-23(2)21-19-17-15-13-11-9-7-5-3-4-6-8-10-12-14-16-18-20-22-24(25)26/h20,22-23H,3-19,21H2,1-2H3,(H,25,26). The molecule has 0 saturated carbocycles. The Morgan fingerprint density at radius 1 is 0.654 bits per heavy atom. The van der Waals surface area contributed by atoms with Crippen LogP contribution in [0.3, 0.4) is 0 Å². The van der Waals surface area contributed by atoms with E-state index in [-0.39, 0.29) is 0 Å². The normalized spacial score (nSPS) is 11.7.